The van der Waals surface area contributed by atoms with E-state index in [4.69, 9.17) is 21.3 Å². The number of aromatic amines is 1. The van der Waals surface area contributed by atoms with E-state index in [1.54, 1.807) is 25.4 Å². The third kappa shape index (κ3) is 3.97. The van der Waals surface area contributed by atoms with E-state index in [0.29, 0.717) is 36.2 Å². The summed E-state index contributed by atoms with van der Waals surface area (Å²) in [7, 11) is 1.62. The van der Waals surface area contributed by atoms with Gasteiger partial charge in [0.25, 0.3) is 5.56 Å². The van der Waals surface area contributed by atoms with E-state index in [0.717, 1.165) is 33.4 Å². The molecule has 6 nitrogen and oxygen atoms in total. The Balaban J connectivity index is 1.62. The lowest BCUT2D eigenvalue weighted by molar-refractivity contribution is 0.236. The van der Waals surface area contributed by atoms with Gasteiger partial charge in [-0.1, -0.05) is 11.6 Å². The summed E-state index contributed by atoms with van der Waals surface area (Å²) in [6.07, 6.45) is 2.37. The van der Waals surface area contributed by atoms with Gasteiger partial charge in [-0.05, 0) is 52.7 Å². The van der Waals surface area contributed by atoms with Gasteiger partial charge in [-0.15, -0.1) is 0 Å². The summed E-state index contributed by atoms with van der Waals surface area (Å²) >= 11 is 9.42. The molecule has 0 atom stereocenters. The quantitative estimate of drug-likeness (QED) is 0.640. The first-order chi connectivity index (χ1) is 13.5. The van der Waals surface area contributed by atoms with Crippen molar-refractivity contribution >= 4 is 27.5 Å². The van der Waals surface area contributed by atoms with Gasteiger partial charge in [0.15, 0.2) is 0 Å². The molecular formula is C20H18BrClN4O2. The summed E-state index contributed by atoms with van der Waals surface area (Å²) in [4.78, 5) is 26.7. The minimum absolute atomic E-state index is 0.0729. The van der Waals surface area contributed by atoms with E-state index in [9.17, 15) is 4.79 Å². The standard InChI is InChI=1S/C20H18BrClN4O2/c1-28-20-13(8-14(21)9-23-20)10-26-7-6-16-17(11-26)24-18(25-19(16)27)12-2-4-15(22)5-3-12/h2-5,8-9H,6-7,10-11H2,1H3,(H,24,25,27). The van der Waals surface area contributed by atoms with Crippen LogP contribution in [0.15, 0.2) is 45.8 Å². The van der Waals surface area contributed by atoms with Crippen LogP contribution in [0.1, 0.15) is 16.8 Å². The highest BCUT2D eigenvalue weighted by atomic mass is 79.9. The second kappa shape index (κ2) is 8.03. The number of benzene rings is 1. The number of nitrogens with zero attached hydrogens (tertiary/aromatic N) is 3. The van der Waals surface area contributed by atoms with Gasteiger partial charge >= 0.3 is 0 Å². The van der Waals surface area contributed by atoms with Crippen molar-refractivity contribution in [2.75, 3.05) is 13.7 Å². The lowest BCUT2D eigenvalue weighted by atomic mass is 10.1. The fourth-order valence-corrected chi connectivity index (χ4v) is 3.88. The van der Waals surface area contributed by atoms with E-state index in [1.165, 1.54) is 0 Å². The van der Waals surface area contributed by atoms with E-state index in [2.05, 4.69) is 30.8 Å². The maximum Gasteiger partial charge on any atom is 0.254 e. The van der Waals surface area contributed by atoms with Crippen LogP contribution in [0.4, 0.5) is 0 Å². The second-order valence-corrected chi connectivity index (χ2v) is 7.98. The first-order valence-corrected chi connectivity index (χ1v) is 9.99. The largest absolute Gasteiger partial charge is 0.481 e. The third-order valence-corrected chi connectivity index (χ3v) is 5.44. The van der Waals surface area contributed by atoms with Gasteiger partial charge in [-0.2, -0.15) is 0 Å². The molecule has 1 N–H and O–H groups in total. The monoisotopic (exact) mass is 460 g/mol. The van der Waals surface area contributed by atoms with Gasteiger partial charge in [-0.25, -0.2) is 9.97 Å². The fourth-order valence-electron chi connectivity index (χ4n) is 3.38. The predicted molar refractivity (Wildman–Crippen MR) is 112 cm³/mol. The molecule has 0 radical (unpaired) electrons. The van der Waals surface area contributed by atoms with Crippen molar-refractivity contribution in [3.8, 4) is 17.3 Å². The number of rotatable bonds is 4. The van der Waals surface area contributed by atoms with Crippen molar-refractivity contribution < 1.29 is 4.74 Å². The molecule has 0 aliphatic carbocycles. The van der Waals surface area contributed by atoms with Gasteiger partial charge in [0.2, 0.25) is 5.88 Å². The van der Waals surface area contributed by atoms with Gasteiger partial charge in [0.05, 0.1) is 12.8 Å². The van der Waals surface area contributed by atoms with E-state index >= 15 is 0 Å². The summed E-state index contributed by atoms with van der Waals surface area (Å²) in [5.41, 5.74) is 3.31. The van der Waals surface area contributed by atoms with Crippen LogP contribution in [0.5, 0.6) is 5.88 Å². The molecular weight excluding hydrogens is 444 g/mol. The predicted octanol–water partition coefficient (Wildman–Crippen LogP) is 3.81. The Labute approximate surface area is 175 Å². The van der Waals surface area contributed by atoms with Crippen molar-refractivity contribution in [3.63, 3.8) is 0 Å². The van der Waals surface area contributed by atoms with Crippen molar-refractivity contribution in [1.82, 2.24) is 19.9 Å². The Hall–Kier alpha value is -2.22. The summed E-state index contributed by atoms with van der Waals surface area (Å²) in [5.74, 6) is 1.17. The molecule has 144 valence electrons. The minimum Gasteiger partial charge on any atom is -0.481 e. The molecule has 0 amide bonds. The number of aromatic nitrogens is 3. The lowest BCUT2D eigenvalue weighted by Gasteiger charge is -2.28. The zero-order chi connectivity index (χ0) is 19.7. The average molecular weight is 462 g/mol. The van der Waals surface area contributed by atoms with Crippen LogP contribution in [0.3, 0.4) is 0 Å². The molecule has 1 aliphatic heterocycles. The SMILES string of the molecule is COc1ncc(Br)cc1CN1CCc2c(nc(-c3ccc(Cl)cc3)[nH]c2=O)C1. The molecule has 0 spiro atoms. The van der Waals surface area contributed by atoms with Crippen molar-refractivity contribution in [1.29, 1.82) is 0 Å². The summed E-state index contributed by atoms with van der Waals surface area (Å²) < 4.78 is 6.28. The topological polar surface area (TPSA) is 71.1 Å². The molecule has 4 rings (SSSR count). The lowest BCUT2D eigenvalue weighted by Crippen LogP contribution is -2.35. The van der Waals surface area contributed by atoms with Gasteiger partial charge < -0.3 is 9.72 Å². The zero-order valence-electron chi connectivity index (χ0n) is 15.2. The number of pyridine rings is 1. The highest BCUT2D eigenvalue weighted by molar-refractivity contribution is 9.10. The van der Waals surface area contributed by atoms with E-state index in [-0.39, 0.29) is 5.56 Å². The Kier molecular flexibility index (Phi) is 5.48. The number of halogens is 2. The number of methoxy groups -OCH3 is 1. The van der Waals surface area contributed by atoms with Crippen LogP contribution < -0.4 is 10.3 Å². The molecule has 3 heterocycles. The first kappa shape index (κ1) is 19.1. The molecule has 0 bridgehead atoms. The van der Waals surface area contributed by atoms with Crippen LogP contribution in [-0.4, -0.2) is 33.5 Å². The Bertz CT molecular complexity index is 1070. The maximum atomic E-state index is 12.6. The molecule has 8 heteroatoms. The number of hydrogen-bond donors (Lipinski definition) is 1. The van der Waals surface area contributed by atoms with Gasteiger partial charge in [0, 0.05) is 52.0 Å². The van der Waals surface area contributed by atoms with Crippen LogP contribution in [-0.2, 0) is 19.5 Å². The highest BCUT2D eigenvalue weighted by Gasteiger charge is 2.22. The molecule has 2 aromatic heterocycles. The second-order valence-electron chi connectivity index (χ2n) is 6.63. The van der Waals surface area contributed by atoms with Crippen LogP contribution in [0.2, 0.25) is 5.02 Å². The Morgan fingerprint density at radius 2 is 2.11 bits per heavy atom. The number of ether oxygens (including phenoxy) is 1. The average Bonchev–Trinajstić information content (AvgIpc) is 2.68. The van der Waals surface area contributed by atoms with Crippen LogP contribution in [0.25, 0.3) is 11.4 Å². The molecule has 0 saturated carbocycles. The molecule has 0 saturated heterocycles. The molecule has 1 aliphatic rings. The number of nitrogens with one attached hydrogen (secondary N) is 1. The summed E-state index contributed by atoms with van der Waals surface area (Å²) in [6.45, 7) is 2.03. The first-order valence-electron chi connectivity index (χ1n) is 8.82. The smallest absolute Gasteiger partial charge is 0.254 e. The highest BCUT2D eigenvalue weighted by Crippen LogP contribution is 2.25. The molecule has 0 fully saturated rings. The molecule has 1 aromatic carbocycles. The van der Waals surface area contributed by atoms with Crippen molar-refractivity contribution in [3.05, 3.63) is 73.2 Å². The maximum absolute atomic E-state index is 12.6. The normalized spacial score (nSPS) is 14.0. The van der Waals surface area contributed by atoms with Gasteiger partial charge in [-0.3, -0.25) is 9.69 Å². The number of hydrogen-bond acceptors (Lipinski definition) is 5. The number of H-pyrrole nitrogens is 1. The summed E-state index contributed by atoms with van der Waals surface area (Å²) in [6, 6.07) is 9.29. The Morgan fingerprint density at radius 3 is 2.86 bits per heavy atom. The van der Waals surface area contributed by atoms with Crippen LogP contribution >= 0.6 is 27.5 Å². The molecule has 28 heavy (non-hydrogen) atoms. The Morgan fingerprint density at radius 1 is 1.32 bits per heavy atom. The van der Waals surface area contributed by atoms with E-state index < -0.39 is 0 Å². The fraction of sp³-hybridized carbons (Fsp3) is 0.250. The molecule has 3 aromatic rings. The van der Waals surface area contributed by atoms with Crippen molar-refractivity contribution in [2.24, 2.45) is 0 Å². The van der Waals surface area contributed by atoms with E-state index in [1.807, 2.05) is 18.2 Å². The minimum atomic E-state index is -0.0729. The molecule has 0 unspecified atom stereocenters. The van der Waals surface area contributed by atoms with Crippen molar-refractivity contribution in [2.45, 2.75) is 19.5 Å². The third-order valence-electron chi connectivity index (χ3n) is 4.75. The number of fused-ring (bicyclic) bond motifs is 1. The van der Waals surface area contributed by atoms with Crippen LogP contribution in [0, 0.1) is 0 Å². The summed E-state index contributed by atoms with van der Waals surface area (Å²) in [5, 5.41) is 0.645. The zero-order valence-corrected chi connectivity index (χ0v) is 17.5. The van der Waals surface area contributed by atoms with Gasteiger partial charge in [0.1, 0.15) is 5.82 Å².